The Labute approximate surface area is 95.8 Å². The summed E-state index contributed by atoms with van der Waals surface area (Å²) < 4.78 is 41.2. The lowest BCUT2D eigenvalue weighted by Gasteiger charge is -2.17. The van der Waals surface area contributed by atoms with E-state index in [1.807, 2.05) is 0 Å². The van der Waals surface area contributed by atoms with Gasteiger partial charge in [0, 0.05) is 0 Å². The predicted molar refractivity (Wildman–Crippen MR) is 53.9 cm³/mol. The number of aliphatic carboxylic acids is 1. The van der Waals surface area contributed by atoms with Crippen molar-refractivity contribution in [2.75, 3.05) is 0 Å². The molecule has 0 heterocycles. The molecule has 0 aliphatic heterocycles. The molecule has 0 radical (unpaired) electrons. The van der Waals surface area contributed by atoms with Crippen LogP contribution in [0.5, 0.6) is 5.75 Å². The fraction of sp³-hybridized carbons (Fsp3) is 0.364. The monoisotopic (exact) mass is 248 g/mol. The Morgan fingerprint density at radius 3 is 2.29 bits per heavy atom. The van der Waals surface area contributed by atoms with Crippen LogP contribution in [0.1, 0.15) is 12.5 Å². The Hall–Kier alpha value is -1.72. The smallest absolute Gasteiger partial charge is 0.425 e. The molecule has 0 saturated carbocycles. The Morgan fingerprint density at radius 2 is 1.88 bits per heavy atom. The van der Waals surface area contributed by atoms with Gasteiger partial charge in [0.2, 0.25) is 0 Å². The van der Waals surface area contributed by atoms with Crippen LogP contribution in [0.3, 0.4) is 0 Å². The quantitative estimate of drug-likeness (QED) is 0.890. The lowest BCUT2D eigenvalue weighted by Crippen LogP contribution is -2.31. The van der Waals surface area contributed by atoms with Crippen LogP contribution in [-0.4, -0.2) is 23.4 Å². The van der Waals surface area contributed by atoms with E-state index in [4.69, 9.17) is 5.11 Å². The second kappa shape index (κ2) is 5.07. The number of halogens is 3. The summed E-state index contributed by atoms with van der Waals surface area (Å²) in [7, 11) is 0. The number of ether oxygens (including phenoxy) is 1. The number of alkyl halides is 3. The van der Waals surface area contributed by atoms with E-state index in [0.29, 0.717) is 5.56 Å². The third-order valence-corrected chi connectivity index (χ3v) is 2.05. The van der Waals surface area contributed by atoms with Crippen LogP contribution in [0.4, 0.5) is 13.2 Å². The second-order valence-electron chi connectivity index (χ2n) is 3.52. The normalized spacial score (nSPS) is 13.2. The minimum Gasteiger partial charge on any atom is -0.481 e. The molecular weight excluding hydrogens is 237 g/mol. The molecule has 1 aromatic rings. The molecule has 6 heteroatoms. The van der Waals surface area contributed by atoms with Gasteiger partial charge in [0.1, 0.15) is 5.75 Å². The third-order valence-electron chi connectivity index (χ3n) is 2.05. The first-order chi connectivity index (χ1) is 7.79. The topological polar surface area (TPSA) is 46.5 Å². The van der Waals surface area contributed by atoms with Crippen molar-refractivity contribution in [3.63, 3.8) is 0 Å². The zero-order valence-electron chi connectivity index (χ0n) is 8.99. The zero-order valence-corrected chi connectivity index (χ0v) is 8.99. The van der Waals surface area contributed by atoms with E-state index in [9.17, 15) is 18.0 Å². The van der Waals surface area contributed by atoms with Crippen molar-refractivity contribution in [3.05, 3.63) is 29.8 Å². The average molecular weight is 248 g/mol. The van der Waals surface area contributed by atoms with Crippen LogP contribution in [0, 0.1) is 0 Å². The number of hydrogen-bond acceptors (Lipinski definition) is 2. The second-order valence-corrected chi connectivity index (χ2v) is 3.52. The van der Waals surface area contributed by atoms with Crippen LogP contribution in [-0.2, 0) is 11.2 Å². The standard InChI is InChI=1S/C11H11F3O3/c1-7(11(12,13)14)17-9-4-2-8(3-5-9)6-10(15)16/h2-5,7H,6H2,1H3,(H,15,16). The van der Waals surface area contributed by atoms with Crippen molar-refractivity contribution in [2.45, 2.75) is 25.6 Å². The molecule has 1 aromatic carbocycles. The molecule has 0 aromatic heterocycles. The van der Waals surface area contributed by atoms with Crippen molar-refractivity contribution >= 4 is 5.97 Å². The lowest BCUT2D eigenvalue weighted by molar-refractivity contribution is -0.189. The van der Waals surface area contributed by atoms with Crippen molar-refractivity contribution in [3.8, 4) is 5.75 Å². The molecule has 3 nitrogen and oxygen atoms in total. The summed E-state index contributed by atoms with van der Waals surface area (Å²) in [6.07, 6.45) is -6.48. The fourth-order valence-corrected chi connectivity index (χ4v) is 1.13. The minimum absolute atomic E-state index is 0.0592. The largest absolute Gasteiger partial charge is 0.481 e. The van der Waals surface area contributed by atoms with Crippen LogP contribution >= 0.6 is 0 Å². The summed E-state index contributed by atoms with van der Waals surface area (Å²) in [5.74, 6) is -0.939. The van der Waals surface area contributed by atoms with E-state index in [0.717, 1.165) is 6.92 Å². The maximum Gasteiger partial charge on any atom is 0.425 e. The number of benzene rings is 1. The van der Waals surface area contributed by atoms with E-state index in [1.54, 1.807) is 0 Å². The number of rotatable bonds is 4. The molecule has 1 atom stereocenters. The SMILES string of the molecule is CC(Oc1ccc(CC(=O)O)cc1)C(F)(F)F. The summed E-state index contributed by atoms with van der Waals surface area (Å²) >= 11 is 0. The highest BCUT2D eigenvalue weighted by Crippen LogP contribution is 2.24. The van der Waals surface area contributed by atoms with E-state index in [-0.39, 0.29) is 12.2 Å². The van der Waals surface area contributed by atoms with Gasteiger partial charge in [-0.1, -0.05) is 12.1 Å². The van der Waals surface area contributed by atoms with Gasteiger partial charge in [0.05, 0.1) is 6.42 Å². The molecule has 0 aliphatic rings. The summed E-state index contributed by atoms with van der Waals surface area (Å²) in [6.45, 7) is 0.908. The van der Waals surface area contributed by atoms with Gasteiger partial charge >= 0.3 is 12.1 Å². The number of hydrogen-bond donors (Lipinski definition) is 1. The number of carboxylic acid groups (broad SMARTS) is 1. The summed E-state index contributed by atoms with van der Waals surface area (Å²) in [4.78, 5) is 10.4. The highest BCUT2D eigenvalue weighted by atomic mass is 19.4. The van der Waals surface area contributed by atoms with Crippen molar-refractivity contribution in [1.82, 2.24) is 0 Å². The molecule has 0 bridgehead atoms. The first-order valence-electron chi connectivity index (χ1n) is 4.83. The third kappa shape index (κ3) is 4.34. The van der Waals surface area contributed by atoms with Gasteiger partial charge in [-0.25, -0.2) is 0 Å². The maximum atomic E-state index is 12.2. The Balaban J connectivity index is 2.65. The van der Waals surface area contributed by atoms with Crippen LogP contribution in [0.2, 0.25) is 0 Å². The maximum absolute atomic E-state index is 12.2. The molecule has 0 fully saturated rings. The number of carboxylic acids is 1. The average Bonchev–Trinajstić information content (AvgIpc) is 2.18. The van der Waals surface area contributed by atoms with E-state index < -0.39 is 18.2 Å². The molecule has 17 heavy (non-hydrogen) atoms. The molecule has 1 unspecified atom stereocenters. The highest BCUT2D eigenvalue weighted by Gasteiger charge is 2.37. The first-order valence-corrected chi connectivity index (χ1v) is 4.83. The molecule has 1 rings (SSSR count). The zero-order chi connectivity index (χ0) is 13.1. The molecule has 0 aliphatic carbocycles. The van der Waals surface area contributed by atoms with Crippen molar-refractivity contribution < 1.29 is 27.8 Å². The highest BCUT2D eigenvalue weighted by molar-refractivity contribution is 5.70. The molecule has 94 valence electrons. The van der Waals surface area contributed by atoms with Crippen molar-refractivity contribution in [1.29, 1.82) is 0 Å². The van der Waals surface area contributed by atoms with Gasteiger partial charge in [0.15, 0.2) is 6.10 Å². The Morgan fingerprint density at radius 1 is 1.35 bits per heavy atom. The minimum atomic E-state index is -4.42. The van der Waals surface area contributed by atoms with Gasteiger partial charge < -0.3 is 9.84 Å². The van der Waals surface area contributed by atoms with E-state index >= 15 is 0 Å². The molecule has 0 saturated heterocycles. The van der Waals surface area contributed by atoms with Crippen LogP contribution < -0.4 is 4.74 Å². The van der Waals surface area contributed by atoms with Crippen molar-refractivity contribution in [2.24, 2.45) is 0 Å². The number of carbonyl (C=O) groups is 1. The van der Waals surface area contributed by atoms with E-state index in [1.165, 1.54) is 24.3 Å². The summed E-state index contributed by atoms with van der Waals surface area (Å²) in [6, 6.07) is 5.49. The molecular formula is C11H11F3O3. The fourth-order valence-electron chi connectivity index (χ4n) is 1.13. The Kier molecular flexibility index (Phi) is 3.98. The summed E-state index contributed by atoms with van der Waals surface area (Å²) in [5, 5.41) is 8.51. The molecule has 0 amide bonds. The van der Waals surface area contributed by atoms with Gasteiger partial charge in [-0.3, -0.25) is 4.79 Å². The summed E-state index contributed by atoms with van der Waals surface area (Å²) in [5.41, 5.74) is 0.504. The van der Waals surface area contributed by atoms with Gasteiger partial charge in [-0.2, -0.15) is 13.2 Å². The van der Waals surface area contributed by atoms with Gasteiger partial charge in [0.25, 0.3) is 0 Å². The Bertz CT molecular complexity index is 384. The van der Waals surface area contributed by atoms with Gasteiger partial charge in [-0.05, 0) is 24.6 Å². The van der Waals surface area contributed by atoms with Crippen LogP contribution in [0.15, 0.2) is 24.3 Å². The lowest BCUT2D eigenvalue weighted by atomic mass is 10.1. The molecule has 1 N–H and O–H groups in total. The van der Waals surface area contributed by atoms with Gasteiger partial charge in [-0.15, -0.1) is 0 Å². The van der Waals surface area contributed by atoms with E-state index in [2.05, 4.69) is 4.74 Å². The molecule has 0 spiro atoms. The van der Waals surface area contributed by atoms with Crippen LogP contribution in [0.25, 0.3) is 0 Å². The first kappa shape index (κ1) is 13.3. The predicted octanol–water partition coefficient (Wildman–Crippen LogP) is 2.64.